The summed E-state index contributed by atoms with van der Waals surface area (Å²) in [7, 11) is 1.71. The Hall–Kier alpha value is -3.99. The van der Waals surface area contributed by atoms with Crippen molar-refractivity contribution in [2.24, 2.45) is 7.05 Å². The van der Waals surface area contributed by atoms with Crippen molar-refractivity contribution in [2.45, 2.75) is 33.2 Å². The highest BCUT2D eigenvalue weighted by Crippen LogP contribution is 2.24. The van der Waals surface area contributed by atoms with Crippen molar-refractivity contribution in [3.05, 3.63) is 73.5 Å². The number of carboxylic acids is 1. The summed E-state index contributed by atoms with van der Waals surface area (Å²) in [5.74, 6) is -1.67. The van der Waals surface area contributed by atoms with Crippen LogP contribution in [0.3, 0.4) is 0 Å². The number of aromatic carboxylic acids is 1. The Balaban J connectivity index is 1.74. The van der Waals surface area contributed by atoms with Crippen LogP contribution in [0.5, 0.6) is 0 Å². The molecule has 11 heteroatoms. The van der Waals surface area contributed by atoms with E-state index in [-0.39, 0.29) is 22.6 Å². The van der Waals surface area contributed by atoms with Gasteiger partial charge in [0.25, 0.3) is 11.1 Å². The molecule has 0 fully saturated rings. The molecule has 3 aromatic heterocycles. The van der Waals surface area contributed by atoms with Crippen molar-refractivity contribution < 1.29 is 14.7 Å². The van der Waals surface area contributed by atoms with Crippen LogP contribution in [-0.4, -0.2) is 35.9 Å². The van der Waals surface area contributed by atoms with Crippen LogP contribution in [0.25, 0.3) is 15.9 Å². The lowest BCUT2D eigenvalue weighted by Crippen LogP contribution is -2.33. The minimum atomic E-state index is -1.24. The second-order valence-electron chi connectivity index (χ2n) is 8.14. The second-order valence-corrected chi connectivity index (χ2v) is 8.99. The number of carbonyl (C=O) groups is 2. The molecule has 0 aliphatic rings. The number of para-hydroxylation sites is 1. The first-order valence-electron chi connectivity index (χ1n) is 10.5. The number of hydrogen-bond acceptors (Lipinski definition) is 6. The molecule has 0 saturated heterocycles. The summed E-state index contributed by atoms with van der Waals surface area (Å²) >= 11 is 1.07. The first-order valence-corrected chi connectivity index (χ1v) is 11.4. The van der Waals surface area contributed by atoms with Crippen LogP contribution < -0.4 is 16.4 Å². The smallest absolute Gasteiger partial charge is 0.337 e. The number of amides is 1. The number of rotatable bonds is 6. The van der Waals surface area contributed by atoms with Gasteiger partial charge in [-0.25, -0.2) is 14.5 Å². The molecular formula is C23H23N5O5S. The van der Waals surface area contributed by atoms with E-state index in [1.807, 2.05) is 19.9 Å². The largest absolute Gasteiger partial charge is 0.478 e. The SMILES string of the molecule is Cc1c(NC(=O)Cn2c(C(C)C)nc3scc(C(=O)O)c3c2=O)c(=O)n(-c2ccccc2)n1C. The number of fused-ring (bicyclic) bond motifs is 1. The monoisotopic (exact) mass is 481 g/mol. The molecule has 0 spiro atoms. The summed E-state index contributed by atoms with van der Waals surface area (Å²) in [4.78, 5) is 55.6. The number of nitrogens with zero attached hydrogens (tertiary/aromatic N) is 4. The first kappa shape index (κ1) is 23.2. The van der Waals surface area contributed by atoms with Crippen molar-refractivity contribution in [1.82, 2.24) is 18.9 Å². The maximum atomic E-state index is 13.2. The van der Waals surface area contributed by atoms with Gasteiger partial charge in [0.05, 0.1) is 22.3 Å². The Bertz CT molecular complexity index is 1540. The molecule has 10 nitrogen and oxygen atoms in total. The molecule has 34 heavy (non-hydrogen) atoms. The molecule has 2 N–H and O–H groups in total. The number of aromatic nitrogens is 4. The maximum absolute atomic E-state index is 13.2. The van der Waals surface area contributed by atoms with Gasteiger partial charge in [0.15, 0.2) is 0 Å². The zero-order valence-electron chi connectivity index (χ0n) is 19.0. The molecule has 0 saturated carbocycles. The highest BCUT2D eigenvalue weighted by atomic mass is 32.1. The van der Waals surface area contributed by atoms with E-state index in [4.69, 9.17) is 0 Å². The van der Waals surface area contributed by atoms with E-state index in [9.17, 15) is 24.3 Å². The van der Waals surface area contributed by atoms with Gasteiger partial charge in [0.1, 0.15) is 22.9 Å². The Morgan fingerprint density at radius 1 is 1.15 bits per heavy atom. The highest BCUT2D eigenvalue weighted by molar-refractivity contribution is 7.17. The van der Waals surface area contributed by atoms with Crippen molar-refractivity contribution in [3.63, 3.8) is 0 Å². The molecule has 176 valence electrons. The van der Waals surface area contributed by atoms with E-state index in [0.29, 0.717) is 22.0 Å². The van der Waals surface area contributed by atoms with E-state index >= 15 is 0 Å². The van der Waals surface area contributed by atoms with Crippen LogP contribution in [0.1, 0.15) is 41.6 Å². The molecule has 0 unspecified atom stereocenters. The minimum Gasteiger partial charge on any atom is -0.478 e. The molecule has 1 amide bonds. The number of carboxylic acid groups (broad SMARTS) is 1. The van der Waals surface area contributed by atoms with E-state index in [1.165, 1.54) is 14.6 Å². The Morgan fingerprint density at radius 2 is 1.82 bits per heavy atom. The van der Waals surface area contributed by atoms with Crippen LogP contribution in [0.4, 0.5) is 5.69 Å². The number of benzene rings is 1. The number of carbonyl (C=O) groups excluding carboxylic acids is 1. The predicted molar refractivity (Wildman–Crippen MR) is 129 cm³/mol. The highest BCUT2D eigenvalue weighted by Gasteiger charge is 2.23. The first-order chi connectivity index (χ1) is 16.1. The summed E-state index contributed by atoms with van der Waals surface area (Å²) in [6.07, 6.45) is 0. The maximum Gasteiger partial charge on any atom is 0.337 e. The third kappa shape index (κ3) is 3.83. The Kier molecular flexibility index (Phi) is 5.96. The van der Waals surface area contributed by atoms with Crippen LogP contribution >= 0.6 is 11.3 Å². The van der Waals surface area contributed by atoms with Gasteiger partial charge in [-0.15, -0.1) is 11.3 Å². The standard InChI is InChI=1S/C23H23N5O5S/c1-12(2)19-25-20-17(15(11-34-20)23(32)33)21(30)27(19)10-16(29)24-18-13(3)26(4)28(22(18)31)14-8-6-5-7-9-14/h5-9,11-12H,10H2,1-4H3,(H,24,29)(H,32,33). The average molecular weight is 482 g/mol. The number of anilines is 1. The molecule has 4 rings (SSSR count). The fraction of sp³-hybridized carbons (Fsp3) is 0.261. The van der Waals surface area contributed by atoms with Gasteiger partial charge in [-0.05, 0) is 19.1 Å². The summed E-state index contributed by atoms with van der Waals surface area (Å²) in [6, 6.07) is 9.01. The van der Waals surface area contributed by atoms with Crippen molar-refractivity contribution in [2.75, 3.05) is 5.32 Å². The number of hydrogen-bond donors (Lipinski definition) is 2. The molecule has 4 aromatic rings. The van der Waals surface area contributed by atoms with E-state index in [1.54, 1.807) is 42.9 Å². The zero-order chi connectivity index (χ0) is 24.7. The molecule has 0 atom stereocenters. The van der Waals surface area contributed by atoms with E-state index in [0.717, 1.165) is 11.3 Å². The molecule has 3 heterocycles. The van der Waals surface area contributed by atoms with Crippen molar-refractivity contribution in [1.29, 1.82) is 0 Å². The van der Waals surface area contributed by atoms with Gasteiger partial charge in [-0.1, -0.05) is 32.0 Å². The fourth-order valence-corrected chi connectivity index (χ4v) is 4.74. The summed E-state index contributed by atoms with van der Waals surface area (Å²) in [6.45, 7) is 4.95. The second kappa shape index (κ2) is 8.75. The molecule has 1 aromatic carbocycles. The fourth-order valence-electron chi connectivity index (χ4n) is 3.83. The Morgan fingerprint density at radius 3 is 2.44 bits per heavy atom. The normalized spacial score (nSPS) is 11.3. The third-order valence-corrected chi connectivity index (χ3v) is 6.46. The summed E-state index contributed by atoms with van der Waals surface area (Å²) < 4.78 is 4.25. The molecular weight excluding hydrogens is 458 g/mol. The third-order valence-electron chi connectivity index (χ3n) is 5.59. The topological polar surface area (TPSA) is 128 Å². The quantitative estimate of drug-likeness (QED) is 0.436. The van der Waals surface area contributed by atoms with Crippen LogP contribution in [0.15, 0.2) is 45.3 Å². The number of nitrogens with one attached hydrogen (secondary N) is 1. The van der Waals surface area contributed by atoms with Crippen molar-refractivity contribution in [3.8, 4) is 5.69 Å². The lowest BCUT2D eigenvalue weighted by molar-refractivity contribution is -0.116. The van der Waals surface area contributed by atoms with Gasteiger partial charge in [-0.2, -0.15) is 0 Å². The van der Waals surface area contributed by atoms with E-state index in [2.05, 4.69) is 10.3 Å². The van der Waals surface area contributed by atoms with Crippen LogP contribution in [0.2, 0.25) is 0 Å². The van der Waals surface area contributed by atoms with Gasteiger partial charge in [0.2, 0.25) is 5.91 Å². The lowest BCUT2D eigenvalue weighted by Gasteiger charge is -2.14. The minimum absolute atomic E-state index is 0.0305. The summed E-state index contributed by atoms with van der Waals surface area (Å²) in [5, 5.41) is 13.4. The molecule has 0 radical (unpaired) electrons. The van der Waals surface area contributed by atoms with Gasteiger partial charge in [-0.3, -0.25) is 23.6 Å². The molecule has 0 bridgehead atoms. The van der Waals surface area contributed by atoms with E-state index < -0.39 is 29.5 Å². The molecule has 0 aliphatic carbocycles. The zero-order valence-corrected chi connectivity index (χ0v) is 19.8. The average Bonchev–Trinajstić information content (AvgIpc) is 3.31. The van der Waals surface area contributed by atoms with Gasteiger partial charge in [0, 0.05) is 18.3 Å². The van der Waals surface area contributed by atoms with Crippen LogP contribution in [0, 0.1) is 6.92 Å². The predicted octanol–water partition coefficient (Wildman–Crippen LogP) is 2.72. The van der Waals surface area contributed by atoms with Crippen LogP contribution in [-0.2, 0) is 18.4 Å². The molecule has 0 aliphatic heterocycles. The van der Waals surface area contributed by atoms with Crippen molar-refractivity contribution >= 4 is 39.1 Å². The lowest BCUT2D eigenvalue weighted by atomic mass is 10.2. The Labute approximate surface area is 197 Å². The number of thiophene rings is 1. The summed E-state index contributed by atoms with van der Waals surface area (Å²) in [5.41, 5.74) is 0.130. The van der Waals surface area contributed by atoms with Gasteiger partial charge >= 0.3 is 5.97 Å². The van der Waals surface area contributed by atoms with Gasteiger partial charge < -0.3 is 10.4 Å².